The second-order valence-electron chi connectivity index (χ2n) is 3.35. The van der Waals surface area contributed by atoms with Gasteiger partial charge in [-0.1, -0.05) is 23.2 Å². The molecule has 4 heteroatoms. The molecule has 2 nitrogen and oxygen atoms in total. The highest BCUT2D eigenvalue weighted by atomic mass is 35.5. The van der Waals surface area contributed by atoms with Gasteiger partial charge < -0.3 is 0 Å². The number of hydrogen-bond acceptors (Lipinski definition) is 2. The van der Waals surface area contributed by atoms with Gasteiger partial charge in [-0.2, -0.15) is 0 Å². The topological polar surface area (TPSA) is 38.0 Å². The van der Waals surface area contributed by atoms with Crippen LogP contribution in [0.15, 0.2) is 18.2 Å². The van der Waals surface area contributed by atoms with Crippen LogP contribution in [0, 0.1) is 11.8 Å². The lowest BCUT2D eigenvalue weighted by molar-refractivity contribution is 0.524. The molecule has 0 bridgehead atoms. The first kappa shape index (κ1) is 13.3. The molecule has 0 aliphatic rings. The summed E-state index contributed by atoms with van der Waals surface area (Å²) in [6.07, 6.45) is 1.58. The average molecular weight is 257 g/mol. The summed E-state index contributed by atoms with van der Waals surface area (Å²) in [7, 11) is 0. The molecule has 0 aliphatic heterocycles. The Balaban J connectivity index is 2.84. The first-order chi connectivity index (χ1) is 7.69. The number of rotatable bonds is 4. The smallest absolute Gasteiger partial charge is 0.0484 e. The van der Waals surface area contributed by atoms with Crippen molar-refractivity contribution >= 4 is 23.2 Å². The second kappa shape index (κ2) is 6.78. The Hall–Kier alpha value is -0.720. The third-order valence-corrected chi connectivity index (χ3v) is 2.85. The van der Waals surface area contributed by atoms with E-state index in [1.165, 1.54) is 0 Å². The highest BCUT2D eigenvalue weighted by Gasteiger charge is 2.12. The van der Waals surface area contributed by atoms with Crippen molar-refractivity contribution in [2.24, 2.45) is 5.84 Å². The number of nitrogens with two attached hydrogens (primary N) is 1. The Morgan fingerprint density at radius 2 is 2.19 bits per heavy atom. The minimum absolute atomic E-state index is 0.0213. The lowest BCUT2D eigenvalue weighted by Crippen LogP contribution is -2.28. The number of hydrogen-bond donors (Lipinski definition) is 2. The standard InChI is InChI=1S/C12H14Cl2N2/c1-2-3-4-5-12(16-15)10-8-9(13)6-7-11(10)14/h6-8,12,16H,4-5,15H2,1H3. The summed E-state index contributed by atoms with van der Waals surface area (Å²) in [4.78, 5) is 0. The monoisotopic (exact) mass is 256 g/mol. The maximum atomic E-state index is 6.09. The van der Waals surface area contributed by atoms with Crippen LogP contribution in [0.4, 0.5) is 0 Å². The minimum atomic E-state index is -0.0213. The Morgan fingerprint density at radius 1 is 1.44 bits per heavy atom. The van der Waals surface area contributed by atoms with E-state index in [9.17, 15) is 0 Å². The van der Waals surface area contributed by atoms with Crippen molar-refractivity contribution < 1.29 is 0 Å². The van der Waals surface area contributed by atoms with Crippen LogP contribution in [-0.4, -0.2) is 0 Å². The van der Waals surface area contributed by atoms with Crippen LogP contribution in [0.1, 0.15) is 31.4 Å². The molecule has 0 saturated heterocycles. The maximum Gasteiger partial charge on any atom is 0.0484 e. The van der Waals surface area contributed by atoms with Gasteiger partial charge in [0.15, 0.2) is 0 Å². The quantitative estimate of drug-likeness (QED) is 0.493. The van der Waals surface area contributed by atoms with Gasteiger partial charge in [0.25, 0.3) is 0 Å². The zero-order chi connectivity index (χ0) is 12.0. The molecule has 0 amide bonds. The largest absolute Gasteiger partial charge is 0.271 e. The van der Waals surface area contributed by atoms with E-state index in [4.69, 9.17) is 29.0 Å². The molecule has 0 spiro atoms. The van der Waals surface area contributed by atoms with Gasteiger partial charge in [0, 0.05) is 22.5 Å². The third-order valence-electron chi connectivity index (χ3n) is 2.27. The van der Waals surface area contributed by atoms with Crippen LogP contribution in [0.2, 0.25) is 10.0 Å². The summed E-state index contributed by atoms with van der Waals surface area (Å²) < 4.78 is 0. The van der Waals surface area contributed by atoms with Crippen LogP contribution in [0.5, 0.6) is 0 Å². The number of halogens is 2. The molecule has 0 saturated carbocycles. The van der Waals surface area contributed by atoms with Crippen molar-refractivity contribution in [2.45, 2.75) is 25.8 Å². The van der Waals surface area contributed by atoms with Gasteiger partial charge in [-0.3, -0.25) is 11.3 Å². The Morgan fingerprint density at radius 3 is 2.81 bits per heavy atom. The molecule has 1 aromatic carbocycles. The molecule has 1 rings (SSSR count). The van der Waals surface area contributed by atoms with Gasteiger partial charge in [-0.05, 0) is 37.1 Å². The molecular weight excluding hydrogens is 243 g/mol. The molecule has 0 aliphatic carbocycles. The lowest BCUT2D eigenvalue weighted by atomic mass is 10.0. The lowest BCUT2D eigenvalue weighted by Gasteiger charge is -2.16. The molecule has 0 fully saturated rings. The third kappa shape index (κ3) is 3.70. The van der Waals surface area contributed by atoms with Crippen molar-refractivity contribution in [3.63, 3.8) is 0 Å². The van der Waals surface area contributed by atoms with Crippen LogP contribution in [0.3, 0.4) is 0 Å². The summed E-state index contributed by atoms with van der Waals surface area (Å²) in [5.41, 5.74) is 3.65. The molecule has 86 valence electrons. The fourth-order valence-corrected chi connectivity index (χ4v) is 1.88. The molecule has 3 N–H and O–H groups in total. The van der Waals surface area contributed by atoms with E-state index in [2.05, 4.69) is 17.3 Å². The van der Waals surface area contributed by atoms with Crippen LogP contribution in [0.25, 0.3) is 0 Å². The molecule has 0 radical (unpaired) electrons. The molecule has 1 aromatic rings. The molecule has 1 atom stereocenters. The van der Waals surface area contributed by atoms with Gasteiger partial charge >= 0.3 is 0 Å². The van der Waals surface area contributed by atoms with Gasteiger partial charge in [-0.25, -0.2) is 0 Å². The molecule has 0 heterocycles. The van der Waals surface area contributed by atoms with Crippen molar-refractivity contribution in [1.29, 1.82) is 0 Å². The van der Waals surface area contributed by atoms with Gasteiger partial charge in [0.1, 0.15) is 0 Å². The van der Waals surface area contributed by atoms with Crippen LogP contribution < -0.4 is 11.3 Å². The second-order valence-corrected chi connectivity index (χ2v) is 4.19. The predicted molar refractivity (Wildman–Crippen MR) is 69.2 cm³/mol. The van der Waals surface area contributed by atoms with E-state index in [-0.39, 0.29) is 6.04 Å². The van der Waals surface area contributed by atoms with Crippen molar-refractivity contribution in [3.8, 4) is 11.8 Å². The highest BCUT2D eigenvalue weighted by molar-refractivity contribution is 6.33. The Kier molecular flexibility index (Phi) is 5.65. The first-order valence-electron chi connectivity index (χ1n) is 4.99. The van der Waals surface area contributed by atoms with Crippen LogP contribution >= 0.6 is 23.2 Å². The molecule has 1 unspecified atom stereocenters. The van der Waals surface area contributed by atoms with E-state index in [1.54, 1.807) is 12.1 Å². The van der Waals surface area contributed by atoms with E-state index >= 15 is 0 Å². The SMILES string of the molecule is CC#CCCC(NN)c1cc(Cl)ccc1Cl. The zero-order valence-electron chi connectivity index (χ0n) is 9.06. The normalized spacial score (nSPS) is 11.8. The zero-order valence-corrected chi connectivity index (χ0v) is 10.6. The number of nitrogens with one attached hydrogen (secondary N) is 1. The Labute approximate surface area is 106 Å². The van der Waals surface area contributed by atoms with Gasteiger partial charge in [-0.15, -0.1) is 11.8 Å². The molecule has 16 heavy (non-hydrogen) atoms. The minimum Gasteiger partial charge on any atom is -0.271 e. The van der Waals surface area contributed by atoms with Gasteiger partial charge in [0.05, 0.1) is 0 Å². The average Bonchev–Trinajstić information content (AvgIpc) is 2.28. The van der Waals surface area contributed by atoms with Gasteiger partial charge in [0.2, 0.25) is 0 Å². The predicted octanol–water partition coefficient (Wildman–Crippen LogP) is 3.30. The maximum absolute atomic E-state index is 6.09. The molecular formula is C12H14Cl2N2. The Bertz CT molecular complexity index is 407. The summed E-state index contributed by atoms with van der Waals surface area (Å²) in [6, 6.07) is 5.34. The van der Waals surface area contributed by atoms with E-state index in [0.29, 0.717) is 10.0 Å². The number of benzene rings is 1. The first-order valence-corrected chi connectivity index (χ1v) is 5.75. The summed E-state index contributed by atoms with van der Waals surface area (Å²) in [5.74, 6) is 11.3. The van der Waals surface area contributed by atoms with Crippen molar-refractivity contribution in [2.75, 3.05) is 0 Å². The fourth-order valence-electron chi connectivity index (χ4n) is 1.45. The van der Waals surface area contributed by atoms with Crippen LogP contribution in [-0.2, 0) is 0 Å². The summed E-state index contributed by atoms with van der Waals surface area (Å²) in [5, 5.41) is 1.32. The summed E-state index contributed by atoms with van der Waals surface area (Å²) >= 11 is 12.0. The molecule has 0 aromatic heterocycles. The van der Waals surface area contributed by atoms with Crippen molar-refractivity contribution in [3.05, 3.63) is 33.8 Å². The van der Waals surface area contributed by atoms with E-state index < -0.39 is 0 Å². The number of hydrazine groups is 1. The van der Waals surface area contributed by atoms with E-state index in [0.717, 1.165) is 18.4 Å². The summed E-state index contributed by atoms with van der Waals surface area (Å²) in [6.45, 7) is 1.82. The fraction of sp³-hybridized carbons (Fsp3) is 0.333. The highest BCUT2D eigenvalue weighted by Crippen LogP contribution is 2.28. The van der Waals surface area contributed by atoms with E-state index in [1.807, 2.05) is 13.0 Å². The van der Waals surface area contributed by atoms with Crippen molar-refractivity contribution in [1.82, 2.24) is 5.43 Å².